The molecule has 0 aliphatic carbocycles. The first kappa shape index (κ1) is 20.0. The molecule has 7 heteroatoms. The van der Waals surface area contributed by atoms with E-state index in [1.54, 1.807) is 19.1 Å². The van der Waals surface area contributed by atoms with Crippen molar-refractivity contribution in [2.24, 2.45) is 0 Å². The number of amides is 1. The van der Waals surface area contributed by atoms with Crippen LogP contribution in [0.25, 0.3) is 0 Å². The van der Waals surface area contributed by atoms with Crippen LogP contribution in [0, 0.1) is 19.7 Å². The van der Waals surface area contributed by atoms with Gasteiger partial charge in [-0.3, -0.25) is 4.79 Å². The van der Waals surface area contributed by atoms with Crippen LogP contribution < -0.4 is 5.32 Å². The number of thioether (sulfide) groups is 1. The Balaban J connectivity index is 2.09. The van der Waals surface area contributed by atoms with E-state index in [1.807, 2.05) is 13.8 Å². The normalized spacial score (nSPS) is 12.2. The van der Waals surface area contributed by atoms with Crippen LogP contribution in [0.3, 0.4) is 0 Å². The second-order valence-corrected chi connectivity index (χ2v) is 8.17. The van der Waals surface area contributed by atoms with Crippen LogP contribution in [0.1, 0.15) is 38.1 Å². The van der Waals surface area contributed by atoms with Gasteiger partial charge in [0.2, 0.25) is 5.91 Å². The number of hydrogen-bond donors (Lipinski definition) is 1. The minimum Gasteiger partial charge on any atom is -0.323 e. The third-order valence-electron chi connectivity index (χ3n) is 4.00. The van der Waals surface area contributed by atoms with Crippen molar-refractivity contribution in [3.8, 4) is 0 Å². The van der Waals surface area contributed by atoms with Gasteiger partial charge in [-0.15, -0.1) is 0 Å². The number of nitrogens with zero attached hydrogens (tertiary/aromatic N) is 2. The lowest BCUT2D eigenvalue weighted by atomic mass is 10.3. The molecule has 0 aliphatic heterocycles. The fourth-order valence-corrected chi connectivity index (χ4v) is 3.69. The van der Waals surface area contributed by atoms with Gasteiger partial charge in [0.25, 0.3) is 0 Å². The number of hydrogen-bond acceptors (Lipinski definition) is 3. The lowest BCUT2D eigenvalue weighted by Gasteiger charge is -2.14. The quantitative estimate of drug-likeness (QED) is 0.607. The first-order chi connectivity index (χ1) is 11.8. The summed E-state index contributed by atoms with van der Waals surface area (Å²) in [6, 6.07) is 4.57. The summed E-state index contributed by atoms with van der Waals surface area (Å²) in [7, 11) is 0. The van der Waals surface area contributed by atoms with E-state index in [-0.39, 0.29) is 16.8 Å². The molecule has 0 bridgehead atoms. The van der Waals surface area contributed by atoms with E-state index in [2.05, 4.69) is 37.7 Å². The van der Waals surface area contributed by atoms with E-state index >= 15 is 0 Å². The number of unbranched alkanes of at least 4 members (excludes halogenated alkanes) is 1. The molecule has 1 unspecified atom stereocenters. The van der Waals surface area contributed by atoms with Crippen LogP contribution in [-0.2, 0) is 11.3 Å². The van der Waals surface area contributed by atoms with Gasteiger partial charge in [0.1, 0.15) is 5.82 Å². The number of rotatable bonds is 7. The maximum absolute atomic E-state index is 13.9. The topological polar surface area (TPSA) is 46.9 Å². The van der Waals surface area contributed by atoms with Gasteiger partial charge >= 0.3 is 0 Å². The number of halogens is 2. The minimum absolute atomic E-state index is 0.183. The molecule has 1 N–H and O–H groups in total. The van der Waals surface area contributed by atoms with Crippen LogP contribution in [0.5, 0.6) is 0 Å². The van der Waals surface area contributed by atoms with E-state index in [4.69, 9.17) is 0 Å². The number of aryl methyl sites for hydroxylation is 1. The van der Waals surface area contributed by atoms with Crippen molar-refractivity contribution >= 4 is 39.3 Å². The summed E-state index contributed by atoms with van der Waals surface area (Å²) in [5.41, 5.74) is 2.29. The van der Waals surface area contributed by atoms with E-state index in [1.165, 1.54) is 17.8 Å². The zero-order valence-corrected chi connectivity index (χ0v) is 17.3. The maximum atomic E-state index is 13.9. The number of aromatic nitrogens is 2. The first-order valence-electron chi connectivity index (χ1n) is 8.29. The van der Waals surface area contributed by atoms with Gasteiger partial charge in [-0.2, -0.15) is 0 Å². The van der Waals surface area contributed by atoms with Gasteiger partial charge in [-0.1, -0.05) is 41.0 Å². The highest BCUT2D eigenvalue weighted by Gasteiger charge is 2.20. The SMILES string of the molecule is CCCCn1c(SC(C)C(=O)Nc2ccc(Br)cc2F)nc(C)c1C. The maximum Gasteiger partial charge on any atom is 0.237 e. The van der Waals surface area contributed by atoms with Gasteiger partial charge in [0.15, 0.2) is 5.16 Å². The highest BCUT2D eigenvalue weighted by molar-refractivity contribution is 9.10. The minimum atomic E-state index is -0.462. The van der Waals surface area contributed by atoms with Crippen molar-refractivity contribution in [1.82, 2.24) is 9.55 Å². The number of nitrogens with one attached hydrogen (secondary N) is 1. The summed E-state index contributed by atoms with van der Waals surface area (Å²) in [5.74, 6) is -0.706. The smallest absolute Gasteiger partial charge is 0.237 e. The molecule has 4 nitrogen and oxygen atoms in total. The molecule has 2 aromatic rings. The summed E-state index contributed by atoms with van der Waals surface area (Å²) in [5, 5.41) is 3.10. The third-order valence-corrected chi connectivity index (χ3v) is 5.58. The molecule has 1 atom stereocenters. The fourth-order valence-electron chi connectivity index (χ4n) is 2.33. The van der Waals surface area contributed by atoms with Crippen molar-refractivity contribution in [3.63, 3.8) is 0 Å². The van der Waals surface area contributed by atoms with E-state index in [0.29, 0.717) is 4.47 Å². The number of benzene rings is 1. The largest absolute Gasteiger partial charge is 0.323 e. The Morgan fingerprint density at radius 2 is 2.16 bits per heavy atom. The lowest BCUT2D eigenvalue weighted by molar-refractivity contribution is -0.115. The summed E-state index contributed by atoms with van der Waals surface area (Å²) in [6.07, 6.45) is 2.16. The van der Waals surface area contributed by atoms with E-state index in [0.717, 1.165) is 35.9 Å². The predicted octanol–water partition coefficient (Wildman–Crippen LogP) is 5.32. The summed E-state index contributed by atoms with van der Waals surface area (Å²) in [6.45, 7) is 8.87. The van der Waals surface area contributed by atoms with Crippen LogP contribution in [0.15, 0.2) is 27.8 Å². The van der Waals surface area contributed by atoms with Gasteiger partial charge in [0, 0.05) is 16.7 Å². The van der Waals surface area contributed by atoms with Crippen LogP contribution in [0.2, 0.25) is 0 Å². The van der Waals surface area contributed by atoms with Crippen molar-refractivity contribution in [2.45, 2.75) is 57.5 Å². The molecule has 0 spiro atoms. The van der Waals surface area contributed by atoms with Gasteiger partial charge in [-0.05, 0) is 45.4 Å². The molecular formula is C18H23BrFN3OS. The molecule has 0 radical (unpaired) electrons. The molecule has 0 fully saturated rings. The molecule has 0 saturated heterocycles. The highest BCUT2D eigenvalue weighted by atomic mass is 79.9. The van der Waals surface area contributed by atoms with Crippen molar-refractivity contribution in [1.29, 1.82) is 0 Å². The number of anilines is 1. The summed E-state index contributed by atoms with van der Waals surface area (Å²) < 4.78 is 16.7. The molecule has 1 aromatic carbocycles. The van der Waals surface area contributed by atoms with E-state index < -0.39 is 5.82 Å². The molecule has 2 rings (SSSR count). The molecule has 0 aliphatic rings. The number of imidazole rings is 1. The second-order valence-electron chi connectivity index (χ2n) is 5.94. The van der Waals surface area contributed by atoms with E-state index in [9.17, 15) is 9.18 Å². The van der Waals surface area contributed by atoms with Gasteiger partial charge in [-0.25, -0.2) is 9.37 Å². The predicted molar refractivity (Wildman–Crippen MR) is 105 cm³/mol. The lowest BCUT2D eigenvalue weighted by Crippen LogP contribution is -2.23. The van der Waals surface area contributed by atoms with Crippen molar-refractivity contribution in [2.75, 3.05) is 5.32 Å². The van der Waals surface area contributed by atoms with Gasteiger partial charge in [0.05, 0.1) is 16.6 Å². The van der Waals surface area contributed by atoms with Crippen molar-refractivity contribution < 1.29 is 9.18 Å². The Morgan fingerprint density at radius 1 is 1.44 bits per heavy atom. The standard InChI is InChI=1S/C18H23BrFN3OS/c1-5-6-9-23-12(3)11(2)21-18(23)25-13(4)17(24)22-16-8-7-14(19)10-15(16)20/h7-8,10,13H,5-6,9H2,1-4H3,(H,22,24). The van der Waals surface area contributed by atoms with Crippen LogP contribution in [0.4, 0.5) is 10.1 Å². The monoisotopic (exact) mass is 427 g/mol. The molecular weight excluding hydrogens is 405 g/mol. The zero-order valence-electron chi connectivity index (χ0n) is 14.9. The average molecular weight is 428 g/mol. The Hall–Kier alpha value is -1.34. The first-order valence-corrected chi connectivity index (χ1v) is 9.97. The van der Waals surface area contributed by atoms with Crippen LogP contribution in [-0.4, -0.2) is 20.7 Å². The summed E-state index contributed by atoms with van der Waals surface area (Å²) >= 11 is 4.61. The number of carbonyl (C=O) groups excluding carboxylic acids is 1. The molecule has 0 saturated carbocycles. The Kier molecular flexibility index (Phi) is 7.07. The Morgan fingerprint density at radius 3 is 2.80 bits per heavy atom. The highest BCUT2D eigenvalue weighted by Crippen LogP contribution is 2.27. The van der Waals surface area contributed by atoms with Crippen molar-refractivity contribution in [3.05, 3.63) is 39.9 Å². The average Bonchev–Trinajstić information content (AvgIpc) is 2.82. The number of carbonyl (C=O) groups is 1. The van der Waals surface area contributed by atoms with Crippen LogP contribution >= 0.6 is 27.7 Å². The molecule has 1 amide bonds. The van der Waals surface area contributed by atoms with Gasteiger partial charge < -0.3 is 9.88 Å². The zero-order chi connectivity index (χ0) is 18.6. The molecule has 1 heterocycles. The third kappa shape index (κ3) is 5.07. The fraction of sp³-hybridized carbons (Fsp3) is 0.444. The molecule has 25 heavy (non-hydrogen) atoms. The molecule has 136 valence electrons. The Labute approximate surface area is 160 Å². The molecule has 1 aromatic heterocycles. The second kappa shape index (κ2) is 8.85. The Bertz CT molecular complexity index is 763. The summed E-state index contributed by atoms with van der Waals surface area (Å²) in [4.78, 5) is 17.0.